The lowest BCUT2D eigenvalue weighted by molar-refractivity contribution is 0.992. The van der Waals surface area contributed by atoms with Crippen LogP contribution in [0.2, 0.25) is 0 Å². The van der Waals surface area contributed by atoms with Gasteiger partial charge in [0.05, 0.1) is 55.8 Å². The minimum Gasteiger partial charge on any atom is -0.306 e. The van der Waals surface area contributed by atoms with Crippen LogP contribution in [0.3, 0.4) is 0 Å². The van der Waals surface area contributed by atoms with Crippen molar-refractivity contribution < 1.29 is 0 Å². The van der Waals surface area contributed by atoms with Crippen molar-refractivity contribution in [3.8, 4) is 95.1 Å². The van der Waals surface area contributed by atoms with Crippen molar-refractivity contribution in [3.05, 3.63) is 399 Å². The van der Waals surface area contributed by atoms with Gasteiger partial charge in [-0.15, -0.1) is 0 Å². The molecule has 0 bridgehead atoms. The molecule has 0 saturated heterocycles. The Balaban J connectivity index is 1.01. The Labute approximate surface area is 632 Å². The lowest BCUT2D eigenvalue weighted by Gasteiger charge is -2.41. The first-order valence-corrected chi connectivity index (χ1v) is 37.5. The summed E-state index contributed by atoms with van der Waals surface area (Å²) in [5.74, 6) is 1.50. The molecule has 6 heteroatoms. The predicted octanol–water partition coefficient (Wildman–Crippen LogP) is 27.9. The van der Waals surface area contributed by atoms with Crippen LogP contribution in [0.25, 0.3) is 160 Å². The van der Waals surface area contributed by atoms with Crippen molar-refractivity contribution >= 4 is 99.7 Å². The van der Waals surface area contributed by atoms with Gasteiger partial charge in [-0.1, -0.05) is 290 Å². The van der Waals surface area contributed by atoms with Gasteiger partial charge in [0, 0.05) is 43.6 Å². The predicted molar refractivity (Wildman–Crippen MR) is 458 cm³/mol. The molecule has 20 aromatic rings. The highest BCUT2D eigenvalue weighted by Gasteiger charge is 2.38. The van der Waals surface area contributed by atoms with Crippen LogP contribution in [-0.4, -0.2) is 18.7 Å². The topological polar surface area (TPSA) is 34.2 Å². The summed E-state index contributed by atoms with van der Waals surface area (Å²) < 4.78 is 7.69. The Morgan fingerprint density at radius 3 is 0.734 bits per heavy atom. The number of aromatic nitrogens is 4. The van der Waals surface area contributed by atoms with E-state index in [-0.39, 0.29) is 0 Å². The van der Waals surface area contributed by atoms with E-state index in [1.54, 1.807) is 0 Å². The number of fused-ring (bicyclic) bond motifs is 11. The first-order valence-electron chi connectivity index (χ1n) is 37.5. The third-order valence-electron chi connectivity index (χ3n) is 22.2. The van der Waals surface area contributed by atoms with E-state index in [1.807, 2.05) is 0 Å². The average molecular weight is 1390 g/mol. The fraction of sp³-hybridized carbons (Fsp3) is 0.0194. The van der Waals surface area contributed by atoms with Gasteiger partial charge in [0.15, 0.2) is 11.6 Å². The molecule has 0 spiro atoms. The Morgan fingerprint density at radius 1 is 0.193 bits per heavy atom. The first kappa shape index (κ1) is 63.2. The molecule has 0 amide bonds. The number of benzene rings is 16. The second-order valence-corrected chi connectivity index (χ2v) is 28.8. The van der Waals surface area contributed by atoms with E-state index in [0.717, 1.165) is 206 Å². The standard InChI is InChI=1S/C103H70N6/c1-67-58-68(2)60-81(59-67)99-100(106-89-52-46-75(69-28-10-3-11-29-69)61-83(89)84-62-76(47-53-90(84)106)70-30-12-4-13-31-70)102(108-93-56-50-79(73-36-18-7-19-37-73)65-87(93)88-66-80(51-57-94(88)108)74-38-20-8-21-39-74)104-103(109-97-44-26-24-42-95(97)105(82-40-22-9-23-41-82)96-43-25-27-45-98(96)109)101(99)107-91-54-48-77(71-32-14-5-15-33-71)63-85(91)86-64-78(49-55-92(86)107)72-34-16-6-17-35-72/h3-66H,1-2H3. The van der Waals surface area contributed by atoms with Gasteiger partial charge in [-0.2, -0.15) is 0 Å². The smallest absolute Gasteiger partial charge is 0.165 e. The Hall–Kier alpha value is -14.3. The summed E-state index contributed by atoms with van der Waals surface area (Å²) >= 11 is 0. The molecule has 5 heterocycles. The molecule has 0 N–H and O–H groups in total. The maximum absolute atomic E-state index is 6.86. The fourth-order valence-electron chi connectivity index (χ4n) is 17.3. The molecular weight excluding hydrogens is 1320 g/mol. The number of hydrogen-bond donors (Lipinski definition) is 0. The molecule has 0 unspecified atom stereocenters. The van der Waals surface area contributed by atoms with Gasteiger partial charge >= 0.3 is 0 Å². The summed E-state index contributed by atoms with van der Waals surface area (Å²) in [6.45, 7) is 4.51. The van der Waals surface area contributed by atoms with Crippen LogP contribution in [0.5, 0.6) is 0 Å². The van der Waals surface area contributed by atoms with Crippen LogP contribution in [0.15, 0.2) is 388 Å². The molecular formula is C103H70N6. The SMILES string of the molecule is Cc1cc(C)cc(-c2c(-n3c4ccc(-c5ccccc5)cc4c4cc(-c5ccccc5)ccc43)c(N3c4ccccc4N(c4ccccc4)c4ccccc43)nc(-n3c4ccc(-c5ccccc5)cc4c4cc(-c5ccccc5)ccc43)c2-n2c3ccc(-c4ccccc4)cc3c3cc(-c4ccccc4)ccc32)c1. The lowest BCUT2D eigenvalue weighted by Crippen LogP contribution is -2.26. The summed E-state index contributed by atoms with van der Waals surface area (Å²) in [6.07, 6.45) is 0. The lowest BCUT2D eigenvalue weighted by atomic mass is 9.96. The monoisotopic (exact) mass is 1390 g/mol. The second kappa shape index (κ2) is 25.8. The molecule has 16 aromatic carbocycles. The van der Waals surface area contributed by atoms with E-state index < -0.39 is 0 Å². The number of rotatable bonds is 12. The molecule has 21 rings (SSSR count). The summed E-state index contributed by atoms with van der Waals surface area (Å²) in [6, 6.07) is 143. The number of para-hydroxylation sites is 5. The zero-order valence-electron chi connectivity index (χ0n) is 60.1. The summed E-state index contributed by atoms with van der Waals surface area (Å²) in [7, 11) is 0. The summed E-state index contributed by atoms with van der Waals surface area (Å²) in [5.41, 5.74) is 31.1. The van der Waals surface area contributed by atoms with Crippen molar-refractivity contribution in [1.29, 1.82) is 0 Å². The molecule has 0 saturated carbocycles. The maximum Gasteiger partial charge on any atom is 0.165 e. The Kier molecular flexibility index (Phi) is 14.9. The quantitative estimate of drug-likeness (QED) is 0.122. The minimum atomic E-state index is 0.744. The molecule has 1 aliphatic rings. The number of nitrogens with zero attached hydrogens (tertiary/aromatic N) is 6. The molecule has 4 aromatic heterocycles. The molecule has 0 fully saturated rings. The van der Waals surface area contributed by atoms with Gasteiger partial charge in [-0.05, 0) is 195 Å². The van der Waals surface area contributed by atoms with Crippen LogP contribution in [0, 0.1) is 13.8 Å². The zero-order valence-corrected chi connectivity index (χ0v) is 60.1. The summed E-state index contributed by atoms with van der Waals surface area (Å²) in [5, 5.41) is 6.71. The third-order valence-corrected chi connectivity index (χ3v) is 22.2. The molecule has 1 aliphatic heterocycles. The van der Waals surface area contributed by atoms with Crippen molar-refractivity contribution in [2.24, 2.45) is 0 Å². The fourth-order valence-corrected chi connectivity index (χ4v) is 17.3. The van der Waals surface area contributed by atoms with Crippen LogP contribution in [0.4, 0.5) is 34.3 Å². The van der Waals surface area contributed by atoms with E-state index in [2.05, 4.69) is 426 Å². The first-order chi connectivity index (χ1) is 53.9. The summed E-state index contributed by atoms with van der Waals surface area (Å²) in [4.78, 5) is 11.8. The number of pyridine rings is 1. The molecule has 6 nitrogen and oxygen atoms in total. The van der Waals surface area contributed by atoms with E-state index in [1.165, 1.54) is 0 Å². The third kappa shape index (κ3) is 10.5. The van der Waals surface area contributed by atoms with Crippen LogP contribution < -0.4 is 9.80 Å². The molecule has 0 radical (unpaired) electrons. The van der Waals surface area contributed by atoms with Gasteiger partial charge in [-0.25, -0.2) is 4.98 Å². The zero-order chi connectivity index (χ0) is 72.2. The normalized spacial score (nSPS) is 12.1. The Morgan fingerprint density at radius 2 is 0.440 bits per heavy atom. The van der Waals surface area contributed by atoms with E-state index in [9.17, 15) is 0 Å². The van der Waals surface area contributed by atoms with Gasteiger partial charge in [-0.3, -0.25) is 9.47 Å². The second-order valence-electron chi connectivity index (χ2n) is 28.8. The van der Waals surface area contributed by atoms with E-state index in [4.69, 9.17) is 4.98 Å². The highest BCUT2D eigenvalue weighted by atomic mass is 15.3. The van der Waals surface area contributed by atoms with Gasteiger partial charge in [0.25, 0.3) is 0 Å². The number of aryl methyl sites for hydroxylation is 2. The molecule has 0 aliphatic carbocycles. The van der Waals surface area contributed by atoms with Gasteiger partial charge in [0.1, 0.15) is 11.4 Å². The molecule has 512 valence electrons. The Bertz CT molecular complexity index is 6600. The number of anilines is 6. The van der Waals surface area contributed by atoms with Crippen molar-refractivity contribution in [2.75, 3.05) is 9.80 Å². The van der Waals surface area contributed by atoms with E-state index in [0.29, 0.717) is 0 Å². The number of hydrogen-bond acceptors (Lipinski definition) is 3. The van der Waals surface area contributed by atoms with Crippen LogP contribution in [-0.2, 0) is 0 Å². The highest BCUT2D eigenvalue weighted by molar-refractivity contribution is 6.18. The maximum atomic E-state index is 6.86. The highest BCUT2D eigenvalue weighted by Crippen LogP contribution is 2.58. The van der Waals surface area contributed by atoms with Gasteiger partial charge in [0.2, 0.25) is 0 Å². The van der Waals surface area contributed by atoms with E-state index >= 15 is 0 Å². The largest absolute Gasteiger partial charge is 0.306 e. The van der Waals surface area contributed by atoms with Gasteiger partial charge < -0.3 is 14.0 Å². The molecule has 109 heavy (non-hydrogen) atoms. The average Bonchev–Trinajstić information content (AvgIpc) is 1.60. The van der Waals surface area contributed by atoms with Crippen molar-refractivity contribution in [2.45, 2.75) is 13.8 Å². The van der Waals surface area contributed by atoms with Crippen LogP contribution >= 0.6 is 0 Å². The van der Waals surface area contributed by atoms with Crippen LogP contribution in [0.1, 0.15) is 11.1 Å². The van der Waals surface area contributed by atoms with Crippen molar-refractivity contribution in [3.63, 3.8) is 0 Å². The molecule has 0 atom stereocenters. The van der Waals surface area contributed by atoms with Crippen molar-refractivity contribution in [1.82, 2.24) is 18.7 Å². The minimum absolute atomic E-state index is 0.744.